The number of Topliss-reactive ketones (excluding diaryl/α,β-unsaturated/α-hetero) is 2. The van der Waals surface area contributed by atoms with Gasteiger partial charge in [-0.15, -0.1) is 0 Å². The summed E-state index contributed by atoms with van der Waals surface area (Å²) in [5, 5.41) is 11.5. The van der Waals surface area contributed by atoms with Crippen LogP contribution in [0.3, 0.4) is 0 Å². The van der Waals surface area contributed by atoms with Gasteiger partial charge in [0.15, 0.2) is 5.78 Å². The largest absolute Gasteiger partial charge is 0.481 e. The molecule has 0 unspecified atom stereocenters. The minimum absolute atomic E-state index is 0.0113. The molecular formula is C38H71NO8. The van der Waals surface area contributed by atoms with Crippen molar-refractivity contribution < 1.29 is 38.5 Å². The van der Waals surface area contributed by atoms with Crippen molar-refractivity contribution in [2.45, 2.75) is 173 Å². The van der Waals surface area contributed by atoms with E-state index in [0.29, 0.717) is 64.3 Å². The first-order valence-corrected chi connectivity index (χ1v) is 19.1. The lowest BCUT2D eigenvalue weighted by atomic mass is 10.0. The number of carbonyl (C=O) groups excluding carboxylic acids is 3. The van der Waals surface area contributed by atoms with Crippen LogP contribution in [0.2, 0.25) is 0 Å². The van der Waals surface area contributed by atoms with E-state index in [1.807, 2.05) is 0 Å². The van der Waals surface area contributed by atoms with Crippen molar-refractivity contribution in [1.29, 1.82) is 0 Å². The standard InChI is InChI=1S/C38H71NO8/c1-45-30-23-17-13-12-15-19-26-36(41)34-47-33-32-46-31-29-39-37(42)27-22-21-25-35(40)24-18-14-10-8-6-4-2-3-5-7-9-11-16-20-28-38(43)44/h2-34H2,1H3,(H,39,42)(H,43,44). The highest BCUT2D eigenvalue weighted by molar-refractivity contribution is 5.79. The molecule has 0 rings (SSSR count). The van der Waals surface area contributed by atoms with E-state index >= 15 is 0 Å². The Labute approximate surface area is 287 Å². The van der Waals surface area contributed by atoms with Gasteiger partial charge < -0.3 is 24.6 Å². The Bertz CT molecular complexity index is 745. The Balaban J connectivity index is 3.33. The third-order valence-corrected chi connectivity index (χ3v) is 8.46. The zero-order valence-electron chi connectivity index (χ0n) is 30.1. The van der Waals surface area contributed by atoms with Crippen molar-refractivity contribution in [1.82, 2.24) is 5.32 Å². The Hall–Kier alpha value is -1.84. The van der Waals surface area contributed by atoms with Crippen LogP contribution >= 0.6 is 0 Å². The molecule has 0 fully saturated rings. The summed E-state index contributed by atoms with van der Waals surface area (Å²) in [5.74, 6) is -0.244. The summed E-state index contributed by atoms with van der Waals surface area (Å²) in [4.78, 5) is 46.5. The monoisotopic (exact) mass is 670 g/mol. The summed E-state index contributed by atoms with van der Waals surface area (Å²) >= 11 is 0. The summed E-state index contributed by atoms with van der Waals surface area (Å²) in [6.45, 7) is 2.59. The molecule has 0 aromatic carbocycles. The van der Waals surface area contributed by atoms with Crippen molar-refractivity contribution in [3.8, 4) is 0 Å². The molecule has 0 radical (unpaired) electrons. The highest BCUT2D eigenvalue weighted by atomic mass is 16.5. The first kappa shape index (κ1) is 45.2. The van der Waals surface area contributed by atoms with Gasteiger partial charge in [0, 0.05) is 52.4 Å². The number of hydrogen-bond donors (Lipinski definition) is 2. The smallest absolute Gasteiger partial charge is 0.303 e. The fourth-order valence-corrected chi connectivity index (χ4v) is 5.56. The second-order valence-corrected chi connectivity index (χ2v) is 13.0. The lowest BCUT2D eigenvalue weighted by molar-refractivity contribution is -0.137. The molecule has 0 aliphatic carbocycles. The van der Waals surface area contributed by atoms with Crippen molar-refractivity contribution >= 4 is 23.4 Å². The van der Waals surface area contributed by atoms with Gasteiger partial charge in [-0.1, -0.05) is 103 Å². The second-order valence-electron chi connectivity index (χ2n) is 13.0. The number of amides is 1. The van der Waals surface area contributed by atoms with Gasteiger partial charge in [-0.3, -0.25) is 19.2 Å². The van der Waals surface area contributed by atoms with Gasteiger partial charge in [-0.2, -0.15) is 0 Å². The molecule has 9 nitrogen and oxygen atoms in total. The summed E-state index contributed by atoms with van der Waals surface area (Å²) < 4.78 is 15.9. The van der Waals surface area contributed by atoms with E-state index in [-0.39, 0.29) is 18.3 Å². The molecule has 0 aliphatic rings. The number of aliphatic carboxylic acids is 1. The summed E-state index contributed by atoms with van der Waals surface area (Å²) in [6.07, 6.45) is 27.2. The molecule has 0 spiro atoms. The average Bonchev–Trinajstić information content (AvgIpc) is 3.05. The number of carboxylic acid groups (broad SMARTS) is 1. The van der Waals surface area contributed by atoms with Crippen LogP contribution in [0.4, 0.5) is 0 Å². The van der Waals surface area contributed by atoms with Gasteiger partial charge in [0.25, 0.3) is 0 Å². The van der Waals surface area contributed by atoms with Gasteiger partial charge in [-0.05, 0) is 38.5 Å². The van der Waals surface area contributed by atoms with Crippen molar-refractivity contribution in [2.75, 3.05) is 46.7 Å². The molecule has 1 amide bonds. The van der Waals surface area contributed by atoms with Gasteiger partial charge in [0.1, 0.15) is 12.4 Å². The van der Waals surface area contributed by atoms with Crippen LogP contribution in [0.5, 0.6) is 0 Å². The summed E-state index contributed by atoms with van der Waals surface area (Å²) in [6, 6.07) is 0. The maximum Gasteiger partial charge on any atom is 0.303 e. The molecular weight excluding hydrogens is 598 g/mol. The van der Waals surface area contributed by atoms with Gasteiger partial charge >= 0.3 is 5.97 Å². The van der Waals surface area contributed by atoms with E-state index in [9.17, 15) is 19.2 Å². The number of methoxy groups -OCH3 is 1. The first-order chi connectivity index (χ1) is 23.0. The number of carboxylic acids is 1. The number of unbranched alkanes of at least 4 members (excludes halogenated alkanes) is 19. The van der Waals surface area contributed by atoms with E-state index < -0.39 is 5.97 Å². The molecule has 0 saturated carbocycles. The van der Waals surface area contributed by atoms with Crippen LogP contribution in [0.25, 0.3) is 0 Å². The number of ketones is 2. The maximum absolute atomic E-state index is 12.1. The molecule has 0 bridgehead atoms. The number of nitrogens with one attached hydrogen (secondary N) is 1. The van der Waals surface area contributed by atoms with E-state index in [0.717, 1.165) is 77.2 Å². The lowest BCUT2D eigenvalue weighted by Gasteiger charge is -2.07. The van der Waals surface area contributed by atoms with E-state index in [2.05, 4.69) is 5.32 Å². The zero-order chi connectivity index (χ0) is 34.5. The van der Waals surface area contributed by atoms with E-state index in [1.165, 1.54) is 70.6 Å². The topological polar surface area (TPSA) is 128 Å². The summed E-state index contributed by atoms with van der Waals surface area (Å²) in [7, 11) is 1.73. The fourth-order valence-electron chi connectivity index (χ4n) is 5.56. The minimum atomic E-state index is -0.685. The van der Waals surface area contributed by atoms with Gasteiger partial charge in [0.05, 0.1) is 19.8 Å². The third kappa shape index (κ3) is 38.5. The average molecular weight is 670 g/mol. The molecule has 0 aliphatic heterocycles. The molecule has 0 atom stereocenters. The summed E-state index contributed by atoms with van der Waals surface area (Å²) in [5.41, 5.74) is 0. The van der Waals surface area contributed by atoms with Gasteiger partial charge in [-0.25, -0.2) is 0 Å². The second kappa shape index (κ2) is 37.0. The number of hydrogen-bond acceptors (Lipinski definition) is 7. The minimum Gasteiger partial charge on any atom is -0.481 e. The number of ether oxygens (including phenoxy) is 3. The zero-order valence-corrected chi connectivity index (χ0v) is 30.1. The van der Waals surface area contributed by atoms with Crippen LogP contribution in [0.1, 0.15) is 173 Å². The molecule has 0 heterocycles. The molecule has 0 aromatic rings. The van der Waals surface area contributed by atoms with Crippen molar-refractivity contribution in [3.05, 3.63) is 0 Å². The van der Waals surface area contributed by atoms with Crippen molar-refractivity contribution in [3.63, 3.8) is 0 Å². The molecule has 2 N–H and O–H groups in total. The van der Waals surface area contributed by atoms with E-state index in [4.69, 9.17) is 19.3 Å². The number of carbonyl (C=O) groups is 4. The molecule has 47 heavy (non-hydrogen) atoms. The van der Waals surface area contributed by atoms with Crippen LogP contribution in [0.15, 0.2) is 0 Å². The Kier molecular flexibility index (Phi) is 35.5. The highest BCUT2D eigenvalue weighted by Crippen LogP contribution is 2.14. The normalized spacial score (nSPS) is 11.2. The van der Waals surface area contributed by atoms with Crippen LogP contribution in [-0.4, -0.2) is 75.2 Å². The molecule has 0 saturated heterocycles. The van der Waals surface area contributed by atoms with E-state index in [1.54, 1.807) is 7.11 Å². The Morgan fingerprint density at radius 1 is 0.447 bits per heavy atom. The van der Waals surface area contributed by atoms with Crippen LogP contribution in [-0.2, 0) is 33.4 Å². The van der Waals surface area contributed by atoms with Crippen LogP contribution < -0.4 is 5.32 Å². The van der Waals surface area contributed by atoms with Crippen LogP contribution in [0, 0.1) is 0 Å². The first-order valence-electron chi connectivity index (χ1n) is 19.1. The lowest BCUT2D eigenvalue weighted by Crippen LogP contribution is -2.27. The molecule has 276 valence electrons. The van der Waals surface area contributed by atoms with Crippen molar-refractivity contribution in [2.24, 2.45) is 0 Å². The Morgan fingerprint density at radius 2 is 0.851 bits per heavy atom. The fraction of sp³-hybridized carbons (Fsp3) is 0.895. The number of rotatable bonds is 39. The SMILES string of the molecule is COCCCCCCCCC(=O)COCCOCCNC(=O)CCCCC(=O)CCCCCCCCCCCCCCCCC(=O)O. The van der Waals surface area contributed by atoms with Gasteiger partial charge in [0.2, 0.25) is 5.91 Å². The Morgan fingerprint density at radius 3 is 1.36 bits per heavy atom. The highest BCUT2D eigenvalue weighted by Gasteiger charge is 2.06. The predicted molar refractivity (Wildman–Crippen MR) is 189 cm³/mol. The molecule has 9 heteroatoms. The maximum atomic E-state index is 12.1. The predicted octanol–water partition coefficient (Wildman–Crippen LogP) is 8.54. The molecule has 0 aromatic heterocycles. The third-order valence-electron chi connectivity index (χ3n) is 8.46. The quantitative estimate of drug-likeness (QED) is 0.0623.